The van der Waals surface area contributed by atoms with Crippen LogP contribution < -0.4 is 0 Å². The summed E-state index contributed by atoms with van der Waals surface area (Å²) < 4.78 is 0. The second-order valence-electron chi connectivity index (χ2n) is 5.23. The SMILES string of the molecule is CCCCN(CCCC)CCc1cccc([N+](=O)[O-])c1. The molecular formula is C16H26N2O2. The number of nitro groups is 1. The molecule has 112 valence electrons. The van der Waals surface area contributed by atoms with Gasteiger partial charge in [0.15, 0.2) is 0 Å². The zero-order valence-electron chi connectivity index (χ0n) is 12.7. The van der Waals surface area contributed by atoms with Crippen LogP contribution in [-0.2, 0) is 6.42 Å². The number of hydrogen-bond acceptors (Lipinski definition) is 3. The second kappa shape index (κ2) is 9.48. The summed E-state index contributed by atoms with van der Waals surface area (Å²) in [5.74, 6) is 0. The Morgan fingerprint density at radius 1 is 1.10 bits per heavy atom. The number of rotatable bonds is 10. The molecule has 0 aromatic heterocycles. The van der Waals surface area contributed by atoms with E-state index in [-0.39, 0.29) is 10.6 Å². The van der Waals surface area contributed by atoms with Gasteiger partial charge in [-0.15, -0.1) is 0 Å². The lowest BCUT2D eigenvalue weighted by Crippen LogP contribution is -2.28. The monoisotopic (exact) mass is 278 g/mol. The molecule has 1 aromatic carbocycles. The van der Waals surface area contributed by atoms with Crippen molar-refractivity contribution in [2.45, 2.75) is 46.0 Å². The first-order valence-corrected chi connectivity index (χ1v) is 7.63. The predicted octanol–water partition coefficient (Wildman–Crippen LogP) is 4.04. The van der Waals surface area contributed by atoms with Crippen LogP contribution in [0.4, 0.5) is 5.69 Å². The highest BCUT2D eigenvalue weighted by Crippen LogP contribution is 2.14. The van der Waals surface area contributed by atoms with Gasteiger partial charge >= 0.3 is 0 Å². The Kier molecular flexibility index (Phi) is 7.88. The zero-order chi connectivity index (χ0) is 14.8. The first-order chi connectivity index (χ1) is 9.67. The Bertz CT molecular complexity index is 399. The van der Waals surface area contributed by atoms with Crippen molar-refractivity contribution in [3.8, 4) is 0 Å². The predicted molar refractivity (Wildman–Crippen MR) is 83.1 cm³/mol. The van der Waals surface area contributed by atoms with Crippen LogP contribution in [0.3, 0.4) is 0 Å². The summed E-state index contributed by atoms with van der Waals surface area (Å²) in [6.07, 6.45) is 5.74. The van der Waals surface area contributed by atoms with Crippen LogP contribution in [0.15, 0.2) is 24.3 Å². The van der Waals surface area contributed by atoms with E-state index < -0.39 is 0 Å². The molecule has 0 saturated heterocycles. The van der Waals surface area contributed by atoms with Gasteiger partial charge in [-0.3, -0.25) is 10.1 Å². The Morgan fingerprint density at radius 3 is 2.30 bits per heavy atom. The lowest BCUT2D eigenvalue weighted by molar-refractivity contribution is -0.384. The van der Waals surface area contributed by atoms with Crippen LogP contribution in [0.2, 0.25) is 0 Å². The molecule has 1 aromatic rings. The molecule has 4 nitrogen and oxygen atoms in total. The molecule has 1 rings (SSSR count). The zero-order valence-corrected chi connectivity index (χ0v) is 12.7. The number of non-ortho nitro benzene ring substituents is 1. The highest BCUT2D eigenvalue weighted by atomic mass is 16.6. The highest BCUT2D eigenvalue weighted by molar-refractivity contribution is 5.34. The smallest absolute Gasteiger partial charge is 0.269 e. The summed E-state index contributed by atoms with van der Waals surface area (Å²) in [7, 11) is 0. The van der Waals surface area contributed by atoms with E-state index >= 15 is 0 Å². The van der Waals surface area contributed by atoms with E-state index in [1.807, 2.05) is 6.07 Å². The fraction of sp³-hybridized carbons (Fsp3) is 0.625. The summed E-state index contributed by atoms with van der Waals surface area (Å²) >= 11 is 0. The summed E-state index contributed by atoms with van der Waals surface area (Å²) in [5, 5.41) is 10.8. The lowest BCUT2D eigenvalue weighted by Gasteiger charge is -2.21. The molecule has 0 heterocycles. The first kappa shape index (κ1) is 16.6. The normalized spacial score (nSPS) is 10.9. The van der Waals surface area contributed by atoms with E-state index in [0.29, 0.717) is 0 Å². The van der Waals surface area contributed by atoms with Crippen molar-refractivity contribution in [3.63, 3.8) is 0 Å². The van der Waals surface area contributed by atoms with E-state index in [1.54, 1.807) is 18.2 Å². The molecule has 0 N–H and O–H groups in total. The quantitative estimate of drug-likeness (QED) is 0.479. The third kappa shape index (κ3) is 6.15. The van der Waals surface area contributed by atoms with Crippen molar-refractivity contribution >= 4 is 5.69 Å². The molecule has 4 heteroatoms. The second-order valence-corrected chi connectivity index (χ2v) is 5.23. The Morgan fingerprint density at radius 2 is 1.75 bits per heavy atom. The molecule has 0 spiro atoms. The van der Waals surface area contributed by atoms with Crippen LogP contribution in [0.5, 0.6) is 0 Å². The number of benzene rings is 1. The molecule has 0 fully saturated rings. The standard InChI is InChI=1S/C16H26N2O2/c1-3-5-11-17(12-6-4-2)13-10-15-8-7-9-16(14-15)18(19)20/h7-9,14H,3-6,10-13H2,1-2H3. The third-order valence-electron chi connectivity index (χ3n) is 3.49. The van der Waals surface area contributed by atoms with Crippen LogP contribution in [0, 0.1) is 10.1 Å². The maximum absolute atomic E-state index is 10.8. The minimum absolute atomic E-state index is 0.191. The van der Waals surface area contributed by atoms with Crippen LogP contribution in [-0.4, -0.2) is 29.5 Å². The molecule has 0 aliphatic heterocycles. The van der Waals surface area contributed by atoms with Crippen molar-refractivity contribution in [2.75, 3.05) is 19.6 Å². The van der Waals surface area contributed by atoms with Crippen molar-refractivity contribution in [1.82, 2.24) is 4.90 Å². The van der Waals surface area contributed by atoms with E-state index in [4.69, 9.17) is 0 Å². The molecule has 0 atom stereocenters. The number of unbranched alkanes of at least 4 members (excludes halogenated alkanes) is 2. The fourth-order valence-corrected chi connectivity index (χ4v) is 2.21. The van der Waals surface area contributed by atoms with Crippen molar-refractivity contribution in [3.05, 3.63) is 39.9 Å². The third-order valence-corrected chi connectivity index (χ3v) is 3.49. The molecule has 0 saturated carbocycles. The summed E-state index contributed by atoms with van der Waals surface area (Å²) in [5.41, 5.74) is 1.24. The molecule has 0 radical (unpaired) electrons. The molecule has 0 unspecified atom stereocenters. The average Bonchev–Trinajstić information content (AvgIpc) is 2.46. The minimum Gasteiger partial charge on any atom is -0.303 e. The van der Waals surface area contributed by atoms with Gasteiger partial charge in [-0.05, 0) is 37.9 Å². The van der Waals surface area contributed by atoms with Gasteiger partial charge in [0.05, 0.1) is 4.92 Å². The number of nitrogens with zero attached hydrogens (tertiary/aromatic N) is 2. The lowest BCUT2D eigenvalue weighted by atomic mass is 10.1. The minimum atomic E-state index is -0.324. The summed E-state index contributed by atoms with van der Waals surface area (Å²) in [4.78, 5) is 12.9. The van der Waals surface area contributed by atoms with Gasteiger partial charge in [0.1, 0.15) is 0 Å². The first-order valence-electron chi connectivity index (χ1n) is 7.63. The van der Waals surface area contributed by atoms with Gasteiger partial charge in [-0.1, -0.05) is 38.8 Å². The summed E-state index contributed by atoms with van der Waals surface area (Å²) in [6.45, 7) is 7.66. The molecular weight excluding hydrogens is 252 g/mol. The van der Waals surface area contributed by atoms with Crippen molar-refractivity contribution in [2.24, 2.45) is 0 Å². The Labute approximate surface area is 121 Å². The van der Waals surface area contributed by atoms with Crippen molar-refractivity contribution < 1.29 is 4.92 Å². The molecule has 20 heavy (non-hydrogen) atoms. The van der Waals surface area contributed by atoms with Crippen LogP contribution >= 0.6 is 0 Å². The van der Waals surface area contributed by atoms with Gasteiger partial charge in [0, 0.05) is 18.7 Å². The van der Waals surface area contributed by atoms with Crippen LogP contribution in [0.1, 0.15) is 45.1 Å². The van der Waals surface area contributed by atoms with E-state index in [0.717, 1.165) is 31.6 Å². The Hall–Kier alpha value is -1.42. The largest absolute Gasteiger partial charge is 0.303 e. The molecule has 0 amide bonds. The molecule has 0 aliphatic rings. The van der Waals surface area contributed by atoms with Gasteiger partial charge < -0.3 is 4.90 Å². The highest BCUT2D eigenvalue weighted by Gasteiger charge is 2.08. The van der Waals surface area contributed by atoms with Gasteiger partial charge in [-0.2, -0.15) is 0 Å². The van der Waals surface area contributed by atoms with E-state index in [9.17, 15) is 10.1 Å². The van der Waals surface area contributed by atoms with Crippen LogP contribution in [0.25, 0.3) is 0 Å². The number of nitro benzene ring substituents is 1. The fourth-order valence-electron chi connectivity index (χ4n) is 2.21. The maximum atomic E-state index is 10.8. The molecule has 0 bridgehead atoms. The average molecular weight is 278 g/mol. The topological polar surface area (TPSA) is 46.4 Å². The molecule has 0 aliphatic carbocycles. The van der Waals surface area contributed by atoms with E-state index in [2.05, 4.69) is 18.7 Å². The maximum Gasteiger partial charge on any atom is 0.269 e. The number of hydrogen-bond donors (Lipinski definition) is 0. The van der Waals surface area contributed by atoms with Gasteiger partial charge in [0.25, 0.3) is 5.69 Å². The Balaban J connectivity index is 2.52. The summed E-state index contributed by atoms with van der Waals surface area (Å²) in [6, 6.07) is 6.99. The van der Waals surface area contributed by atoms with Gasteiger partial charge in [-0.25, -0.2) is 0 Å². The van der Waals surface area contributed by atoms with E-state index in [1.165, 1.54) is 25.7 Å². The van der Waals surface area contributed by atoms with Gasteiger partial charge in [0.2, 0.25) is 0 Å². The van der Waals surface area contributed by atoms with Crippen molar-refractivity contribution in [1.29, 1.82) is 0 Å².